The highest BCUT2D eigenvalue weighted by Gasteiger charge is 2.31. The summed E-state index contributed by atoms with van der Waals surface area (Å²) in [5.41, 5.74) is 2.62. The second kappa shape index (κ2) is 8.36. The van der Waals surface area contributed by atoms with Gasteiger partial charge in [-0.1, -0.05) is 12.1 Å². The van der Waals surface area contributed by atoms with Crippen LogP contribution >= 0.6 is 11.3 Å². The Morgan fingerprint density at radius 1 is 1.21 bits per heavy atom. The van der Waals surface area contributed by atoms with Crippen molar-refractivity contribution in [1.82, 2.24) is 25.3 Å². The zero-order chi connectivity index (χ0) is 23.1. The van der Waals surface area contributed by atoms with Crippen molar-refractivity contribution in [2.75, 3.05) is 6.54 Å². The first-order valence-electron chi connectivity index (χ1n) is 10.6. The summed E-state index contributed by atoms with van der Waals surface area (Å²) in [7, 11) is 0. The van der Waals surface area contributed by atoms with Gasteiger partial charge in [0.15, 0.2) is 0 Å². The lowest BCUT2D eigenvalue weighted by Gasteiger charge is -2.25. The number of carbonyl (C=O) groups excluding carboxylic acids is 1. The van der Waals surface area contributed by atoms with E-state index < -0.39 is 5.82 Å². The number of carbonyl (C=O) groups is 1. The van der Waals surface area contributed by atoms with Crippen LogP contribution in [0.1, 0.15) is 38.6 Å². The average molecular weight is 466 g/mol. The smallest absolute Gasteiger partial charge is 0.318 e. The van der Waals surface area contributed by atoms with E-state index in [4.69, 9.17) is 0 Å². The van der Waals surface area contributed by atoms with Gasteiger partial charge in [0.1, 0.15) is 17.2 Å². The minimum Gasteiger partial charge on any atom is -0.325 e. The number of rotatable bonds is 4. The van der Waals surface area contributed by atoms with E-state index in [-0.39, 0.29) is 17.0 Å². The first kappa shape index (κ1) is 21.2. The number of hydrogen-bond donors (Lipinski definition) is 2. The van der Waals surface area contributed by atoms with Gasteiger partial charge in [-0.3, -0.25) is 9.59 Å². The van der Waals surface area contributed by atoms with Crippen LogP contribution in [0.3, 0.4) is 0 Å². The van der Waals surface area contributed by atoms with Crippen molar-refractivity contribution in [1.29, 1.82) is 0 Å². The predicted octanol–water partition coefficient (Wildman–Crippen LogP) is 2.51. The highest BCUT2D eigenvalue weighted by atomic mass is 32.1. The number of nitrogens with zero attached hydrogens (tertiary/aromatic N) is 4. The quantitative estimate of drug-likeness (QED) is 0.453. The van der Waals surface area contributed by atoms with E-state index in [9.17, 15) is 14.0 Å². The maximum absolute atomic E-state index is 14.7. The minimum absolute atomic E-state index is 0.0257. The van der Waals surface area contributed by atoms with Gasteiger partial charge in [-0.15, -0.1) is 16.4 Å². The first-order chi connectivity index (χ1) is 15.9. The second-order valence-corrected chi connectivity index (χ2v) is 9.04. The van der Waals surface area contributed by atoms with Gasteiger partial charge in [0.25, 0.3) is 17.3 Å². The fourth-order valence-electron chi connectivity index (χ4n) is 4.03. The zero-order valence-electron chi connectivity index (χ0n) is 18.2. The van der Waals surface area contributed by atoms with Gasteiger partial charge < -0.3 is 4.90 Å². The number of hydrogen-bond acceptors (Lipinski definition) is 5. The Labute approximate surface area is 192 Å². The zero-order valence-corrected chi connectivity index (χ0v) is 19.0. The Morgan fingerprint density at radius 2 is 2.06 bits per heavy atom. The summed E-state index contributed by atoms with van der Waals surface area (Å²) in [6.07, 6.45) is 0.384. The van der Waals surface area contributed by atoms with Crippen molar-refractivity contribution < 1.29 is 13.8 Å². The van der Waals surface area contributed by atoms with Crippen LogP contribution in [0.4, 0.5) is 4.39 Å². The van der Waals surface area contributed by atoms with Gasteiger partial charge in [-0.05, 0) is 48.6 Å². The monoisotopic (exact) mass is 465 g/mol. The van der Waals surface area contributed by atoms with Crippen LogP contribution < -0.4 is 10.1 Å². The molecule has 0 unspecified atom stereocenters. The molecule has 33 heavy (non-hydrogen) atoms. The number of nitrogens with one attached hydrogen (secondary N) is 2. The molecule has 0 bridgehead atoms. The van der Waals surface area contributed by atoms with Crippen molar-refractivity contribution in [2.45, 2.75) is 33.4 Å². The van der Waals surface area contributed by atoms with Gasteiger partial charge in [0.05, 0.1) is 24.3 Å². The van der Waals surface area contributed by atoms with Gasteiger partial charge in [-0.2, -0.15) is 5.10 Å². The van der Waals surface area contributed by atoms with E-state index in [0.717, 1.165) is 27.7 Å². The van der Waals surface area contributed by atoms with E-state index in [1.165, 1.54) is 6.07 Å². The molecule has 10 heteroatoms. The molecule has 0 saturated carbocycles. The fourth-order valence-corrected chi connectivity index (χ4v) is 4.75. The second-order valence-electron chi connectivity index (χ2n) is 8.09. The molecular weight excluding hydrogens is 443 g/mol. The van der Waals surface area contributed by atoms with E-state index in [1.54, 1.807) is 35.3 Å². The number of halogens is 1. The molecule has 1 amide bonds. The van der Waals surface area contributed by atoms with Gasteiger partial charge in [0.2, 0.25) is 0 Å². The summed E-state index contributed by atoms with van der Waals surface area (Å²) in [4.78, 5) is 27.6. The van der Waals surface area contributed by atoms with E-state index in [1.807, 2.05) is 24.4 Å². The van der Waals surface area contributed by atoms with Gasteiger partial charge >= 0.3 is 5.82 Å². The third-order valence-electron chi connectivity index (χ3n) is 6.10. The summed E-state index contributed by atoms with van der Waals surface area (Å²) < 4.78 is 16.7. The normalized spacial score (nSPS) is 13.2. The SMILES string of the molecule is Cc1c(Cc2ccc(F)c(C(=O)N3CC[n+]4c(-c5cccs5)n[nH]c4C3)c2)n[nH]c(=O)c1C. The van der Waals surface area contributed by atoms with E-state index >= 15 is 0 Å². The Hall–Kier alpha value is -3.66. The Morgan fingerprint density at radius 3 is 2.85 bits per heavy atom. The summed E-state index contributed by atoms with van der Waals surface area (Å²) in [5, 5.41) is 16.0. The number of amides is 1. The third kappa shape index (κ3) is 3.86. The summed E-state index contributed by atoms with van der Waals surface area (Å²) >= 11 is 1.61. The van der Waals surface area contributed by atoms with Crippen LogP contribution in [0.25, 0.3) is 10.7 Å². The molecule has 168 valence electrons. The summed E-state index contributed by atoms with van der Waals surface area (Å²) in [6.45, 7) is 4.92. The standard InChI is InChI=1S/C23H21FN6O2S/c1-13-14(2)22(31)28-25-18(13)11-15-5-6-17(24)16(10-15)23(32)29-7-8-30-20(12-29)26-27-21(30)19-4-3-9-33-19/h3-6,9-10H,7-8,11-12H2,1-2H3,(H,28,31)/p+1. The average Bonchev–Trinajstić information content (AvgIpc) is 3.49. The van der Waals surface area contributed by atoms with Crippen molar-refractivity contribution in [3.8, 4) is 10.7 Å². The lowest BCUT2D eigenvalue weighted by atomic mass is 10.0. The fraction of sp³-hybridized carbons (Fsp3) is 0.261. The highest BCUT2D eigenvalue weighted by Crippen LogP contribution is 2.22. The van der Waals surface area contributed by atoms with Crippen LogP contribution in [0.2, 0.25) is 0 Å². The molecule has 8 nitrogen and oxygen atoms in total. The first-order valence-corrected chi connectivity index (χ1v) is 11.4. The molecule has 4 heterocycles. The Bertz CT molecular complexity index is 1410. The minimum atomic E-state index is -0.562. The molecular formula is C23H22FN6O2S+. The highest BCUT2D eigenvalue weighted by molar-refractivity contribution is 7.13. The van der Waals surface area contributed by atoms with E-state index in [0.29, 0.717) is 37.3 Å². The van der Waals surface area contributed by atoms with Crippen LogP contribution in [-0.2, 0) is 19.5 Å². The van der Waals surface area contributed by atoms with Gasteiger partial charge in [0, 0.05) is 17.1 Å². The van der Waals surface area contributed by atoms with Crippen LogP contribution in [0.5, 0.6) is 0 Å². The van der Waals surface area contributed by atoms with Crippen molar-refractivity contribution in [2.24, 2.45) is 0 Å². The van der Waals surface area contributed by atoms with Crippen LogP contribution in [0.15, 0.2) is 40.5 Å². The largest absolute Gasteiger partial charge is 0.325 e. The van der Waals surface area contributed by atoms with Crippen molar-refractivity contribution >= 4 is 17.2 Å². The number of aromatic amines is 2. The number of thiophene rings is 1. The summed E-state index contributed by atoms with van der Waals surface area (Å²) in [5.74, 6) is 0.723. The van der Waals surface area contributed by atoms with E-state index in [2.05, 4.69) is 25.0 Å². The molecule has 3 aromatic heterocycles. The Kier molecular flexibility index (Phi) is 5.37. The molecule has 5 rings (SSSR count). The van der Waals surface area contributed by atoms with Crippen LogP contribution in [-0.4, -0.2) is 37.7 Å². The summed E-state index contributed by atoms with van der Waals surface area (Å²) in [6, 6.07) is 8.51. The molecule has 1 aromatic carbocycles. The molecule has 0 atom stereocenters. The maximum atomic E-state index is 14.7. The number of H-pyrrole nitrogens is 2. The van der Waals surface area contributed by atoms with Crippen molar-refractivity contribution in [3.63, 3.8) is 0 Å². The molecule has 0 aliphatic carbocycles. The predicted molar refractivity (Wildman–Crippen MR) is 120 cm³/mol. The maximum Gasteiger partial charge on any atom is 0.318 e. The molecule has 0 saturated heterocycles. The molecule has 0 spiro atoms. The molecule has 4 aromatic rings. The molecule has 2 N–H and O–H groups in total. The topological polar surface area (TPSA) is 98.6 Å². The molecule has 0 fully saturated rings. The third-order valence-corrected chi connectivity index (χ3v) is 6.96. The lowest BCUT2D eigenvalue weighted by Crippen LogP contribution is -2.52. The van der Waals surface area contributed by atoms with Crippen LogP contribution in [0, 0.1) is 19.7 Å². The number of benzene rings is 1. The number of fused-ring (bicyclic) bond motifs is 1. The molecule has 1 aliphatic heterocycles. The number of aromatic nitrogens is 5. The van der Waals surface area contributed by atoms with Gasteiger partial charge in [-0.25, -0.2) is 14.1 Å². The molecule has 0 radical (unpaired) electrons. The molecule has 1 aliphatic rings. The Balaban J connectivity index is 1.38. The van der Waals surface area contributed by atoms with Crippen molar-refractivity contribution in [3.05, 3.63) is 85.7 Å². The lowest BCUT2D eigenvalue weighted by molar-refractivity contribution is -0.700.